The molecule has 0 amide bonds. The van der Waals surface area contributed by atoms with Gasteiger partial charge in [0.1, 0.15) is 30.0 Å². The maximum absolute atomic E-state index is 13.9. The molecular weight excluding hydrogens is 411 g/mol. The first-order valence-electron chi connectivity index (χ1n) is 8.99. The van der Waals surface area contributed by atoms with Crippen molar-refractivity contribution in [3.63, 3.8) is 0 Å². The molecule has 0 spiro atoms. The fourth-order valence-corrected chi connectivity index (χ4v) is 3.12. The van der Waals surface area contributed by atoms with Crippen LogP contribution in [0.4, 0.5) is 4.39 Å². The molecule has 0 aliphatic carbocycles. The molecule has 0 radical (unpaired) electrons. The number of hydrogen-bond acceptors (Lipinski definition) is 5. The molecular formula is C23H16ClFO5. The topological polar surface area (TPSA) is 57.9 Å². The smallest absolute Gasteiger partial charge is 0.235 e. The molecule has 0 atom stereocenters. The first-order chi connectivity index (χ1) is 14.6. The molecule has 152 valence electrons. The molecule has 0 aliphatic heterocycles. The number of fused-ring (bicyclic) bond motifs is 1. The minimum Gasteiger partial charge on any atom is -0.493 e. The summed E-state index contributed by atoms with van der Waals surface area (Å²) in [5, 5.41) is 0.596. The van der Waals surface area contributed by atoms with Gasteiger partial charge in [0.15, 0.2) is 11.5 Å². The Kier molecular flexibility index (Phi) is 5.59. The predicted molar refractivity (Wildman–Crippen MR) is 111 cm³/mol. The highest BCUT2D eigenvalue weighted by Gasteiger charge is 2.13. The first kappa shape index (κ1) is 19.8. The molecule has 0 bridgehead atoms. The van der Waals surface area contributed by atoms with Crippen LogP contribution in [-0.2, 0) is 6.61 Å². The van der Waals surface area contributed by atoms with Gasteiger partial charge >= 0.3 is 0 Å². The van der Waals surface area contributed by atoms with Crippen LogP contribution >= 0.6 is 11.6 Å². The van der Waals surface area contributed by atoms with Crippen molar-refractivity contribution in [1.82, 2.24) is 0 Å². The minimum atomic E-state index is -0.451. The normalized spacial score (nSPS) is 10.8. The second-order valence-electron chi connectivity index (χ2n) is 6.33. The summed E-state index contributed by atoms with van der Waals surface area (Å²) in [6, 6.07) is 16.1. The molecule has 1 heterocycles. The summed E-state index contributed by atoms with van der Waals surface area (Å²) < 4.78 is 36.0. The van der Waals surface area contributed by atoms with Gasteiger partial charge in [-0.2, -0.15) is 0 Å². The Morgan fingerprint density at radius 2 is 1.80 bits per heavy atom. The summed E-state index contributed by atoms with van der Waals surface area (Å²) in [6.45, 7) is -0.0593. The van der Waals surface area contributed by atoms with E-state index >= 15 is 0 Å². The van der Waals surface area contributed by atoms with E-state index in [-0.39, 0.29) is 28.4 Å². The summed E-state index contributed by atoms with van der Waals surface area (Å²) in [5.41, 5.74) is 0.219. The van der Waals surface area contributed by atoms with Gasteiger partial charge in [-0.15, -0.1) is 0 Å². The van der Waals surface area contributed by atoms with Gasteiger partial charge in [-0.25, -0.2) is 4.39 Å². The van der Waals surface area contributed by atoms with E-state index < -0.39 is 5.82 Å². The zero-order chi connectivity index (χ0) is 21.1. The number of hydrogen-bond donors (Lipinski definition) is 0. The van der Waals surface area contributed by atoms with Crippen LogP contribution in [-0.4, -0.2) is 7.11 Å². The lowest BCUT2D eigenvalue weighted by atomic mass is 10.2. The summed E-state index contributed by atoms with van der Waals surface area (Å²) in [6.07, 6.45) is 1.23. The lowest BCUT2D eigenvalue weighted by Gasteiger charge is -2.11. The largest absolute Gasteiger partial charge is 0.493 e. The fraction of sp³-hybridized carbons (Fsp3) is 0.0870. The van der Waals surface area contributed by atoms with Gasteiger partial charge < -0.3 is 18.6 Å². The Bertz CT molecular complexity index is 1250. The van der Waals surface area contributed by atoms with Gasteiger partial charge in [0.2, 0.25) is 11.2 Å². The van der Waals surface area contributed by atoms with Crippen LogP contribution in [0.3, 0.4) is 0 Å². The number of ether oxygens (including phenoxy) is 3. The number of para-hydroxylation sites is 2. The van der Waals surface area contributed by atoms with Crippen molar-refractivity contribution >= 4 is 22.6 Å². The van der Waals surface area contributed by atoms with Crippen LogP contribution in [0.15, 0.2) is 76.1 Å². The second-order valence-corrected chi connectivity index (χ2v) is 6.74. The van der Waals surface area contributed by atoms with E-state index in [0.717, 1.165) is 0 Å². The van der Waals surface area contributed by atoms with Crippen molar-refractivity contribution in [3.05, 3.63) is 93.6 Å². The van der Waals surface area contributed by atoms with Crippen LogP contribution in [0.25, 0.3) is 11.0 Å². The van der Waals surface area contributed by atoms with E-state index in [1.165, 1.54) is 25.5 Å². The molecule has 0 saturated heterocycles. The zero-order valence-electron chi connectivity index (χ0n) is 15.9. The molecule has 0 unspecified atom stereocenters. The van der Waals surface area contributed by atoms with E-state index in [2.05, 4.69) is 0 Å². The average Bonchev–Trinajstić information content (AvgIpc) is 2.75. The number of rotatable bonds is 6. The summed E-state index contributed by atoms with van der Waals surface area (Å²) in [5.74, 6) is 0.871. The highest BCUT2D eigenvalue weighted by atomic mass is 35.5. The highest BCUT2D eigenvalue weighted by Crippen LogP contribution is 2.31. The number of benzene rings is 3. The third-order valence-electron chi connectivity index (χ3n) is 4.45. The van der Waals surface area contributed by atoms with E-state index in [9.17, 15) is 9.18 Å². The number of halogens is 2. The van der Waals surface area contributed by atoms with Crippen molar-refractivity contribution in [1.29, 1.82) is 0 Å². The van der Waals surface area contributed by atoms with Crippen molar-refractivity contribution in [2.24, 2.45) is 0 Å². The maximum atomic E-state index is 13.9. The SMILES string of the molecule is COc1ccccc1Oc1coc2cc(OCc3c(F)cccc3Cl)ccc2c1=O. The summed E-state index contributed by atoms with van der Waals surface area (Å²) in [4.78, 5) is 12.8. The Morgan fingerprint density at radius 1 is 1.00 bits per heavy atom. The van der Waals surface area contributed by atoms with Crippen LogP contribution < -0.4 is 19.6 Å². The molecule has 1 aromatic heterocycles. The van der Waals surface area contributed by atoms with Gasteiger partial charge in [-0.05, 0) is 36.4 Å². The Labute approximate surface area is 176 Å². The molecule has 0 saturated carbocycles. The monoisotopic (exact) mass is 426 g/mol. The average molecular weight is 427 g/mol. The molecule has 4 aromatic rings. The molecule has 0 aliphatic rings. The molecule has 0 fully saturated rings. The lowest BCUT2D eigenvalue weighted by molar-refractivity contribution is 0.300. The predicted octanol–water partition coefficient (Wildman–Crippen LogP) is 5.97. The van der Waals surface area contributed by atoms with Crippen LogP contribution in [0.1, 0.15) is 5.56 Å². The molecule has 30 heavy (non-hydrogen) atoms. The molecule has 7 heteroatoms. The van der Waals surface area contributed by atoms with E-state index in [1.54, 1.807) is 48.5 Å². The fourth-order valence-electron chi connectivity index (χ4n) is 2.90. The third kappa shape index (κ3) is 3.95. The van der Waals surface area contributed by atoms with E-state index in [1.807, 2.05) is 0 Å². The molecule has 5 nitrogen and oxygen atoms in total. The Balaban J connectivity index is 1.59. The van der Waals surface area contributed by atoms with Crippen molar-refractivity contribution in [2.75, 3.05) is 7.11 Å². The van der Waals surface area contributed by atoms with Crippen molar-refractivity contribution < 1.29 is 23.0 Å². The van der Waals surface area contributed by atoms with E-state index in [4.69, 9.17) is 30.2 Å². The molecule has 4 rings (SSSR count). The molecule has 3 aromatic carbocycles. The van der Waals surface area contributed by atoms with Gasteiger partial charge in [-0.3, -0.25) is 4.79 Å². The Morgan fingerprint density at radius 3 is 2.57 bits per heavy atom. The quantitative estimate of drug-likeness (QED) is 0.380. The van der Waals surface area contributed by atoms with Gasteiger partial charge in [0, 0.05) is 11.6 Å². The third-order valence-corrected chi connectivity index (χ3v) is 4.80. The minimum absolute atomic E-state index is 0.0267. The van der Waals surface area contributed by atoms with Gasteiger partial charge in [0.05, 0.1) is 17.5 Å². The second kappa shape index (κ2) is 8.47. The van der Waals surface area contributed by atoms with Crippen LogP contribution in [0, 0.1) is 5.82 Å². The highest BCUT2D eigenvalue weighted by molar-refractivity contribution is 6.31. The molecule has 0 N–H and O–H groups in total. The first-order valence-corrected chi connectivity index (χ1v) is 9.36. The Hall–Kier alpha value is -3.51. The summed E-state index contributed by atoms with van der Waals surface area (Å²) in [7, 11) is 1.51. The standard InChI is InChI=1S/C23H16ClFO5/c1-27-19-7-2-3-8-20(19)30-22-13-29-21-11-14(9-10-15(21)23(22)26)28-12-16-17(24)5-4-6-18(16)25/h2-11,13H,12H2,1H3. The summed E-state index contributed by atoms with van der Waals surface area (Å²) >= 11 is 6.01. The van der Waals surface area contributed by atoms with Crippen molar-refractivity contribution in [3.8, 4) is 23.0 Å². The van der Waals surface area contributed by atoms with Crippen molar-refractivity contribution in [2.45, 2.75) is 6.61 Å². The van der Waals surface area contributed by atoms with Gasteiger partial charge in [0.25, 0.3) is 0 Å². The zero-order valence-corrected chi connectivity index (χ0v) is 16.6. The number of methoxy groups -OCH3 is 1. The van der Waals surface area contributed by atoms with Crippen LogP contribution in [0.2, 0.25) is 5.02 Å². The maximum Gasteiger partial charge on any atom is 0.235 e. The van der Waals surface area contributed by atoms with Crippen LogP contribution in [0.5, 0.6) is 23.0 Å². The van der Waals surface area contributed by atoms with Gasteiger partial charge in [-0.1, -0.05) is 29.8 Å². The van der Waals surface area contributed by atoms with E-state index in [0.29, 0.717) is 28.2 Å². The lowest BCUT2D eigenvalue weighted by Crippen LogP contribution is -2.06.